The minimum atomic E-state index is -0.493. The number of nitro benzene ring substituents is 1. The van der Waals surface area contributed by atoms with Crippen LogP contribution in [0.3, 0.4) is 0 Å². The van der Waals surface area contributed by atoms with Crippen LogP contribution in [0.25, 0.3) is 0 Å². The lowest BCUT2D eigenvalue weighted by molar-refractivity contribution is -0.384. The van der Waals surface area contributed by atoms with Crippen LogP contribution in [-0.2, 0) is 4.79 Å². The van der Waals surface area contributed by atoms with E-state index in [-0.39, 0.29) is 22.1 Å². The number of carbonyl (C=O) groups excluding carboxylic acids is 1. The van der Waals surface area contributed by atoms with E-state index in [1.807, 2.05) is 0 Å². The number of hydrogen-bond acceptors (Lipinski definition) is 5. The van der Waals surface area contributed by atoms with Gasteiger partial charge in [0.05, 0.1) is 9.83 Å². The highest BCUT2D eigenvalue weighted by Crippen LogP contribution is 2.30. The third kappa shape index (κ3) is 3.60. The van der Waals surface area contributed by atoms with Crippen LogP contribution < -0.4 is 0 Å². The molecule has 0 saturated carbocycles. The first-order chi connectivity index (χ1) is 7.91. The maximum absolute atomic E-state index is 11.2. The van der Waals surface area contributed by atoms with Gasteiger partial charge < -0.3 is 5.11 Å². The number of benzene rings is 1. The lowest BCUT2D eigenvalue weighted by atomic mass is 10.3. The van der Waals surface area contributed by atoms with Crippen molar-refractivity contribution in [2.45, 2.75) is 18.7 Å². The number of allylic oxidation sites excluding steroid dienone is 2. The molecule has 0 aliphatic carbocycles. The van der Waals surface area contributed by atoms with Crippen molar-refractivity contribution in [1.29, 1.82) is 0 Å². The van der Waals surface area contributed by atoms with Crippen molar-refractivity contribution in [3.63, 3.8) is 0 Å². The lowest BCUT2D eigenvalue weighted by Gasteiger charge is -2.04. The molecule has 0 unspecified atom stereocenters. The highest BCUT2D eigenvalue weighted by molar-refractivity contribution is 8.04. The molecule has 1 N–H and O–H groups in total. The predicted molar refractivity (Wildman–Crippen MR) is 65.0 cm³/mol. The number of nitrogens with zero attached hydrogens (tertiary/aromatic N) is 1. The summed E-state index contributed by atoms with van der Waals surface area (Å²) < 4.78 is 0. The average Bonchev–Trinajstić information content (AvgIpc) is 2.25. The summed E-state index contributed by atoms with van der Waals surface area (Å²) in [5.41, 5.74) is -0.0107. The van der Waals surface area contributed by atoms with Crippen LogP contribution in [0.15, 0.2) is 39.8 Å². The number of ketones is 1. The summed E-state index contributed by atoms with van der Waals surface area (Å²) in [5.74, 6) is -0.297. The third-order valence-electron chi connectivity index (χ3n) is 1.92. The molecule has 0 radical (unpaired) electrons. The van der Waals surface area contributed by atoms with Crippen LogP contribution in [0.1, 0.15) is 13.8 Å². The van der Waals surface area contributed by atoms with E-state index >= 15 is 0 Å². The molecule has 0 aliphatic rings. The third-order valence-corrected chi connectivity index (χ3v) is 3.21. The van der Waals surface area contributed by atoms with Gasteiger partial charge in [0.25, 0.3) is 5.69 Å². The fourth-order valence-corrected chi connectivity index (χ4v) is 1.95. The number of aliphatic hydroxyl groups is 1. The fourth-order valence-electron chi connectivity index (χ4n) is 1.15. The zero-order chi connectivity index (χ0) is 13.0. The number of nitro groups is 1. The molecule has 1 aromatic rings. The molecule has 6 heteroatoms. The van der Waals surface area contributed by atoms with Crippen LogP contribution in [0, 0.1) is 10.1 Å². The van der Waals surface area contributed by atoms with Crippen molar-refractivity contribution in [3.05, 3.63) is 45.0 Å². The minimum absolute atomic E-state index is 0.0107. The highest BCUT2D eigenvalue weighted by Gasteiger charge is 2.11. The van der Waals surface area contributed by atoms with Crippen LogP contribution in [-0.4, -0.2) is 15.8 Å². The van der Waals surface area contributed by atoms with Gasteiger partial charge in [-0.15, -0.1) is 0 Å². The molecule has 17 heavy (non-hydrogen) atoms. The van der Waals surface area contributed by atoms with Crippen molar-refractivity contribution in [3.8, 4) is 0 Å². The fraction of sp³-hybridized carbons (Fsp3) is 0.182. The number of carbonyl (C=O) groups is 1. The molecular formula is C11H11NO4S. The van der Waals surface area contributed by atoms with E-state index in [1.54, 1.807) is 0 Å². The summed E-state index contributed by atoms with van der Waals surface area (Å²) in [6, 6.07) is 5.78. The van der Waals surface area contributed by atoms with Gasteiger partial charge in [-0.3, -0.25) is 14.9 Å². The van der Waals surface area contributed by atoms with Crippen LogP contribution in [0.5, 0.6) is 0 Å². The Hall–Kier alpha value is -1.82. The van der Waals surface area contributed by atoms with Gasteiger partial charge in [-0.2, -0.15) is 0 Å². The molecular weight excluding hydrogens is 242 g/mol. The molecule has 0 spiro atoms. The summed E-state index contributed by atoms with van der Waals surface area (Å²) in [4.78, 5) is 22.1. The van der Waals surface area contributed by atoms with Crippen molar-refractivity contribution >= 4 is 23.2 Å². The second-order valence-corrected chi connectivity index (χ2v) is 4.41. The standard InChI is InChI=1S/C11H11NO4S/c1-7(13)11(8(2)14)17-10-5-3-9(4-6-10)12(15)16/h3-6,13H,1-2H3/b11-7+. The summed E-state index contributed by atoms with van der Waals surface area (Å²) in [7, 11) is 0. The Morgan fingerprint density at radius 1 is 1.29 bits per heavy atom. The van der Waals surface area contributed by atoms with Gasteiger partial charge >= 0.3 is 0 Å². The number of rotatable bonds is 4. The molecule has 0 aromatic heterocycles. The Labute approximate surface area is 102 Å². The Bertz CT molecular complexity index is 475. The molecule has 0 amide bonds. The second kappa shape index (κ2) is 5.49. The molecule has 90 valence electrons. The number of thioether (sulfide) groups is 1. The normalized spacial score (nSPS) is 11.9. The van der Waals surface area contributed by atoms with Crippen molar-refractivity contribution in [2.75, 3.05) is 0 Å². The van der Waals surface area contributed by atoms with E-state index in [9.17, 15) is 20.0 Å². The summed E-state index contributed by atoms with van der Waals surface area (Å²) in [6.45, 7) is 2.78. The number of aliphatic hydroxyl groups excluding tert-OH is 1. The van der Waals surface area contributed by atoms with Gasteiger partial charge in [0, 0.05) is 17.0 Å². The number of hydrogen-bond donors (Lipinski definition) is 1. The Morgan fingerprint density at radius 3 is 2.18 bits per heavy atom. The van der Waals surface area contributed by atoms with E-state index in [4.69, 9.17) is 0 Å². The zero-order valence-corrected chi connectivity index (χ0v) is 10.2. The maximum atomic E-state index is 11.2. The molecule has 0 saturated heterocycles. The monoisotopic (exact) mass is 253 g/mol. The molecule has 1 aromatic carbocycles. The van der Waals surface area contributed by atoms with Gasteiger partial charge in [-0.1, -0.05) is 11.8 Å². The quantitative estimate of drug-likeness (QED) is 0.293. The summed E-state index contributed by atoms with van der Waals surface area (Å²) >= 11 is 1.08. The number of non-ortho nitro benzene ring substituents is 1. The Balaban J connectivity index is 2.93. The molecule has 5 nitrogen and oxygen atoms in total. The van der Waals surface area contributed by atoms with Gasteiger partial charge in [0.2, 0.25) is 0 Å². The molecule has 0 heterocycles. The van der Waals surface area contributed by atoms with E-state index < -0.39 is 4.92 Å². The molecule has 0 atom stereocenters. The van der Waals surface area contributed by atoms with Crippen molar-refractivity contribution < 1.29 is 14.8 Å². The van der Waals surface area contributed by atoms with E-state index in [1.165, 1.54) is 38.1 Å². The molecule has 0 aliphatic heterocycles. The molecule has 0 bridgehead atoms. The minimum Gasteiger partial charge on any atom is -0.511 e. The van der Waals surface area contributed by atoms with E-state index in [2.05, 4.69) is 0 Å². The lowest BCUT2D eigenvalue weighted by Crippen LogP contribution is -1.96. The zero-order valence-electron chi connectivity index (χ0n) is 9.34. The first-order valence-corrected chi connectivity index (χ1v) is 5.56. The largest absolute Gasteiger partial charge is 0.511 e. The molecule has 1 rings (SSSR count). The maximum Gasteiger partial charge on any atom is 0.269 e. The topological polar surface area (TPSA) is 80.4 Å². The van der Waals surface area contributed by atoms with Crippen LogP contribution >= 0.6 is 11.8 Å². The average molecular weight is 253 g/mol. The smallest absolute Gasteiger partial charge is 0.269 e. The van der Waals surface area contributed by atoms with Crippen molar-refractivity contribution in [1.82, 2.24) is 0 Å². The first kappa shape index (κ1) is 13.2. The summed E-state index contributed by atoms with van der Waals surface area (Å²) in [6.07, 6.45) is 0. The predicted octanol–water partition coefficient (Wildman–Crippen LogP) is 3.07. The van der Waals surface area contributed by atoms with Crippen LogP contribution in [0.2, 0.25) is 0 Å². The summed E-state index contributed by atoms with van der Waals surface area (Å²) in [5, 5.41) is 19.8. The highest BCUT2D eigenvalue weighted by atomic mass is 32.2. The number of Topliss-reactive ketones (excluding diaryl/α,β-unsaturated/α-hetero) is 1. The SMILES string of the molecule is CC(=O)/C(Sc1ccc([N+](=O)[O-])cc1)=C(/C)O. The Morgan fingerprint density at radius 2 is 1.82 bits per heavy atom. The van der Waals surface area contributed by atoms with Gasteiger partial charge in [-0.25, -0.2) is 0 Å². The molecule has 0 fully saturated rings. The Kier molecular flexibility index (Phi) is 4.28. The van der Waals surface area contributed by atoms with Gasteiger partial charge in [-0.05, 0) is 26.0 Å². The van der Waals surface area contributed by atoms with Crippen molar-refractivity contribution in [2.24, 2.45) is 0 Å². The van der Waals surface area contributed by atoms with E-state index in [0.29, 0.717) is 4.90 Å². The van der Waals surface area contributed by atoms with Gasteiger partial charge in [0.15, 0.2) is 5.78 Å². The van der Waals surface area contributed by atoms with Gasteiger partial charge in [0.1, 0.15) is 5.76 Å². The first-order valence-electron chi connectivity index (χ1n) is 4.75. The van der Waals surface area contributed by atoms with Crippen LogP contribution in [0.4, 0.5) is 5.69 Å². The van der Waals surface area contributed by atoms with E-state index in [0.717, 1.165) is 11.8 Å². The second-order valence-electron chi connectivity index (χ2n) is 3.32.